The van der Waals surface area contributed by atoms with Crippen molar-refractivity contribution in [2.45, 2.75) is 9.79 Å². The average molecular weight is 465 g/mol. The van der Waals surface area contributed by atoms with Gasteiger partial charge in [0.15, 0.2) is 0 Å². The summed E-state index contributed by atoms with van der Waals surface area (Å²) < 4.78 is 50.8. The highest BCUT2D eigenvalue weighted by atomic mass is 35.5. The first-order valence-corrected chi connectivity index (χ1v) is 11.7. The lowest BCUT2D eigenvalue weighted by Crippen LogP contribution is -2.31. The fourth-order valence-electron chi connectivity index (χ4n) is 2.32. The molecule has 0 saturated carbocycles. The number of nitrogens with one attached hydrogen (secondary N) is 1. The number of benzene rings is 2. The largest absolute Gasteiger partial charge is 0.276 e. The minimum atomic E-state index is -4.52. The Bertz CT molecular complexity index is 1280. The average Bonchev–Trinajstić information content (AvgIpc) is 2.90. The first kappa shape index (κ1) is 20.1. The molecule has 0 fully saturated rings. The molecule has 0 aliphatic rings. The van der Waals surface area contributed by atoms with Crippen LogP contribution in [-0.4, -0.2) is 22.7 Å². The van der Waals surface area contributed by atoms with E-state index in [1.165, 1.54) is 12.1 Å². The molecule has 0 bridgehead atoms. The van der Waals surface area contributed by atoms with Gasteiger partial charge in [-0.3, -0.25) is 4.79 Å². The van der Waals surface area contributed by atoms with Crippen molar-refractivity contribution < 1.29 is 21.6 Å². The first-order valence-electron chi connectivity index (χ1n) is 7.07. The molecule has 0 aliphatic heterocycles. The SMILES string of the molecule is NS(=O)(=O)c1ccccc1S(=O)(=O)NC(=O)c1sc2cc(Cl)ccc2c1Cl. The van der Waals surface area contributed by atoms with Gasteiger partial charge in [-0.1, -0.05) is 41.4 Å². The highest BCUT2D eigenvalue weighted by Gasteiger charge is 2.28. The van der Waals surface area contributed by atoms with E-state index in [4.69, 9.17) is 28.3 Å². The van der Waals surface area contributed by atoms with E-state index in [9.17, 15) is 21.6 Å². The molecular formula is C15H10Cl2N2O5S3. The Labute approximate surface area is 168 Å². The third-order valence-electron chi connectivity index (χ3n) is 3.47. The number of carbonyl (C=O) groups excluding carboxylic acids is 1. The van der Waals surface area contributed by atoms with Crippen molar-refractivity contribution in [3.63, 3.8) is 0 Å². The van der Waals surface area contributed by atoms with Crippen LogP contribution in [0.4, 0.5) is 0 Å². The zero-order valence-electron chi connectivity index (χ0n) is 13.1. The van der Waals surface area contributed by atoms with Crippen LogP contribution in [0.2, 0.25) is 10.0 Å². The predicted molar refractivity (Wildman–Crippen MR) is 104 cm³/mol. The van der Waals surface area contributed by atoms with E-state index in [1.807, 2.05) is 4.72 Å². The van der Waals surface area contributed by atoms with Gasteiger partial charge in [0.25, 0.3) is 15.9 Å². The Kier molecular flexibility index (Phi) is 5.23. The minimum absolute atomic E-state index is 0.0504. The monoisotopic (exact) mass is 464 g/mol. The van der Waals surface area contributed by atoms with E-state index in [-0.39, 0.29) is 9.90 Å². The van der Waals surface area contributed by atoms with Gasteiger partial charge in [-0.2, -0.15) is 0 Å². The number of hydrogen-bond donors (Lipinski definition) is 2. The summed E-state index contributed by atoms with van der Waals surface area (Å²) in [7, 11) is -8.84. The maximum atomic E-state index is 12.6. The van der Waals surface area contributed by atoms with Crippen molar-refractivity contribution in [1.82, 2.24) is 4.72 Å². The van der Waals surface area contributed by atoms with Crippen molar-refractivity contribution in [1.29, 1.82) is 0 Å². The molecule has 2 aromatic carbocycles. The van der Waals surface area contributed by atoms with Gasteiger partial charge in [0.2, 0.25) is 10.0 Å². The number of carbonyl (C=O) groups is 1. The number of nitrogens with two attached hydrogens (primary N) is 1. The molecule has 1 heterocycles. The van der Waals surface area contributed by atoms with Gasteiger partial charge in [0.1, 0.15) is 14.7 Å². The summed E-state index contributed by atoms with van der Waals surface area (Å²) in [5.74, 6) is -0.999. The van der Waals surface area contributed by atoms with Gasteiger partial charge in [0, 0.05) is 15.1 Å². The van der Waals surface area contributed by atoms with Crippen molar-refractivity contribution >= 4 is 70.6 Å². The number of rotatable bonds is 4. The van der Waals surface area contributed by atoms with Crippen LogP contribution in [0.25, 0.3) is 10.1 Å². The topological polar surface area (TPSA) is 123 Å². The Morgan fingerprint density at radius 3 is 2.26 bits per heavy atom. The van der Waals surface area contributed by atoms with Crippen LogP contribution < -0.4 is 9.86 Å². The van der Waals surface area contributed by atoms with Crippen LogP contribution in [0, 0.1) is 0 Å². The molecule has 0 spiro atoms. The molecule has 0 atom stereocenters. The predicted octanol–water partition coefficient (Wildman–Crippen LogP) is 2.97. The van der Waals surface area contributed by atoms with E-state index < -0.39 is 35.7 Å². The summed E-state index contributed by atoms with van der Waals surface area (Å²) in [6.07, 6.45) is 0. The number of hydrogen-bond acceptors (Lipinski definition) is 6. The number of halogens is 2. The van der Waals surface area contributed by atoms with Crippen LogP contribution in [0.1, 0.15) is 9.67 Å². The highest BCUT2D eigenvalue weighted by Crippen LogP contribution is 2.36. The third kappa shape index (κ3) is 3.96. The van der Waals surface area contributed by atoms with Crippen LogP contribution >= 0.6 is 34.5 Å². The second-order valence-corrected chi connectivity index (χ2v) is 10.4. The maximum absolute atomic E-state index is 12.6. The van der Waals surface area contributed by atoms with Gasteiger partial charge < -0.3 is 0 Å². The van der Waals surface area contributed by atoms with E-state index in [1.54, 1.807) is 18.2 Å². The summed E-state index contributed by atoms with van der Waals surface area (Å²) >= 11 is 13.0. The summed E-state index contributed by atoms with van der Waals surface area (Å²) in [4.78, 5) is 11.2. The highest BCUT2D eigenvalue weighted by molar-refractivity contribution is 7.92. The summed E-state index contributed by atoms with van der Waals surface area (Å²) in [6.45, 7) is 0. The molecule has 3 rings (SSSR count). The van der Waals surface area contributed by atoms with E-state index in [0.717, 1.165) is 23.5 Å². The molecule has 27 heavy (non-hydrogen) atoms. The van der Waals surface area contributed by atoms with Gasteiger partial charge >= 0.3 is 0 Å². The van der Waals surface area contributed by atoms with Crippen LogP contribution in [0.15, 0.2) is 52.3 Å². The lowest BCUT2D eigenvalue weighted by Gasteiger charge is -2.09. The van der Waals surface area contributed by atoms with E-state index in [0.29, 0.717) is 15.1 Å². The summed E-state index contributed by atoms with van der Waals surface area (Å²) in [6, 6.07) is 9.47. The number of primary sulfonamides is 1. The molecular weight excluding hydrogens is 455 g/mol. The molecule has 1 aromatic heterocycles. The standard InChI is InChI=1S/C15H10Cl2N2O5S3/c16-8-5-6-9-10(7-8)25-14(13(9)17)15(20)19-27(23,24)12-4-2-1-3-11(12)26(18,21)22/h1-7H,(H,19,20)(H2,18,21,22). The Hall–Kier alpha value is -1.69. The second kappa shape index (κ2) is 7.04. The molecule has 12 heteroatoms. The molecule has 7 nitrogen and oxygen atoms in total. The number of fused-ring (bicyclic) bond motifs is 1. The fraction of sp³-hybridized carbons (Fsp3) is 0. The van der Waals surface area contributed by atoms with Crippen LogP contribution in [0.5, 0.6) is 0 Å². The third-order valence-corrected chi connectivity index (χ3v) is 7.85. The smallest absolute Gasteiger partial charge is 0.267 e. The quantitative estimate of drug-likeness (QED) is 0.613. The van der Waals surface area contributed by atoms with Crippen molar-refractivity contribution in [2.75, 3.05) is 0 Å². The van der Waals surface area contributed by atoms with Crippen molar-refractivity contribution in [3.8, 4) is 0 Å². The van der Waals surface area contributed by atoms with E-state index in [2.05, 4.69) is 0 Å². The van der Waals surface area contributed by atoms with Crippen molar-refractivity contribution in [3.05, 3.63) is 57.4 Å². The molecule has 3 aromatic rings. The molecule has 0 radical (unpaired) electrons. The number of thiophene rings is 1. The molecule has 0 aliphatic carbocycles. The van der Waals surface area contributed by atoms with Crippen molar-refractivity contribution in [2.24, 2.45) is 5.14 Å². The zero-order valence-corrected chi connectivity index (χ0v) is 17.1. The molecule has 1 amide bonds. The van der Waals surface area contributed by atoms with Gasteiger partial charge in [-0.05, 0) is 24.3 Å². The first-order chi connectivity index (χ1) is 12.5. The van der Waals surface area contributed by atoms with Gasteiger partial charge in [-0.25, -0.2) is 26.7 Å². The Morgan fingerprint density at radius 2 is 1.63 bits per heavy atom. The Morgan fingerprint density at radius 1 is 1.00 bits per heavy atom. The van der Waals surface area contributed by atoms with Crippen LogP contribution in [0.3, 0.4) is 0 Å². The fourth-order valence-corrected chi connectivity index (χ4v) is 6.41. The second-order valence-electron chi connectivity index (χ2n) is 5.31. The lowest BCUT2D eigenvalue weighted by molar-refractivity contribution is 0.0985. The van der Waals surface area contributed by atoms with E-state index >= 15 is 0 Å². The Balaban J connectivity index is 2.03. The van der Waals surface area contributed by atoms with Crippen LogP contribution in [-0.2, 0) is 20.0 Å². The lowest BCUT2D eigenvalue weighted by atomic mass is 10.2. The molecule has 0 unspecified atom stereocenters. The number of sulfonamides is 2. The molecule has 3 N–H and O–H groups in total. The summed E-state index contributed by atoms with van der Waals surface area (Å²) in [5.41, 5.74) is 0. The minimum Gasteiger partial charge on any atom is -0.267 e. The maximum Gasteiger partial charge on any atom is 0.276 e. The molecule has 142 valence electrons. The number of amides is 1. The molecule has 0 saturated heterocycles. The zero-order chi connectivity index (χ0) is 20.0. The normalized spacial score (nSPS) is 12.3. The van der Waals surface area contributed by atoms with Gasteiger partial charge in [-0.15, -0.1) is 11.3 Å². The van der Waals surface area contributed by atoms with Gasteiger partial charge in [0.05, 0.1) is 5.02 Å². The summed E-state index contributed by atoms with van der Waals surface area (Å²) in [5, 5.41) is 6.09.